The quantitative estimate of drug-likeness (QED) is 0.628. The maximum Gasteiger partial charge on any atom is 0.230 e. The zero-order chi connectivity index (χ0) is 22.5. The van der Waals surface area contributed by atoms with Crippen LogP contribution >= 0.6 is 11.3 Å². The Morgan fingerprint density at radius 1 is 1.48 bits per heavy atom. The molecule has 2 aromatic rings. The molecule has 0 aliphatic carbocycles. The average molecular weight is 452 g/mol. The number of carbonyl (C=O) groups excluding carboxylic acids is 1. The minimum atomic E-state index is -0.529. The third-order valence-electron chi connectivity index (χ3n) is 5.31. The van der Waals surface area contributed by atoms with Crippen LogP contribution in [0.2, 0.25) is 0 Å². The fourth-order valence-electron chi connectivity index (χ4n) is 3.55. The van der Waals surface area contributed by atoms with Crippen LogP contribution in [-0.2, 0) is 16.1 Å². The lowest BCUT2D eigenvalue weighted by Crippen LogP contribution is -2.28. The van der Waals surface area contributed by atoms with Crippen molar-refractivity contribution in [2.24, 2.45) is 0 Å². The number of methoxy groups -OCH3 is 1. The lowest BCUT2D eigenvalue weighted by Gasteiger charge is -2.21. The van der Waals surface area contributed by atoms with Crippen molar-refractivity contribution in [3.63, 3.8) is 0 Å². The second kappa shape index (κ2) is 10.3. The minimum absolute atomic E-state index is 0.00151. The number of amides is 1. The van der Waals surface area contributed by atoms with E-state index in [1.54, 1.807) is 13.3 Å². The maximum absolute atomic E-state index is 14.2. The monoisotopic (exact) mass is 451 g/mol. The number of carbonyl (C=O) groups is 1. The van der Waals surface area contributed by atoms with Crippen LogP contribution in [0.4, 0.5) is 15.3 Å². The number of rotatable bonds is 9. The van der Waals surface area contributed by atoms with Crippen molar-refractivity contribution in [3.05, 3.63) is 28.7 Å². The van der Waals surface area contributed by atoms with Gasteiger partial charge in [-0.25, -0.2) is 4.98 Å². The summed E-state index contributed by atoms with van der Waals surface area (Å²) in [6, 6.07) is 2.25. The van der Waals surface area contributed by atoms with Crippen LogP contribution in [-0.4, -0.2) is 66.8 Å². The zero-order valence-corrected chi connectivity index (χ0v) is 19.5. The maximum atomic E-state index is 14.2. The number of nitrogens with zero attached hydrogens (tertiary/aromatic N) is 4. The van der Waals surface area contributed by atoms with Gasteiger partial charge in [0.25, 0.3) is 0 Å². The van der Waals surface area contributed by atoms with E-state index in [1.807, 2.05) is 24.9 Å². The molecule has 1 fully saturated rings. The molecule has 3 heterocycles. The van der Waals surface area contributed by atoms with Crippen LogP contribution in [0.3, 0.4) is 0 Å². The average Bonchev–Trinajstić information content (AvgIpc) is 3.22. The highest BCUT2D eigenvalue weighted by Crippen LogP contribution is 2.30. The number of halogens is 1. The minimum Gasteiger partial charge on any atom is -0.487 e. The van der Waals surface area contributed by atoms with Gasteiger partial charge in [-0.3, -0.25) is 9.69 Å². The molecule has 0 bridgehead atoms. The second-order valence-electron chi connectivity index (χ2n) is 7.89. The summed E-state index contributed by atoms with van der Waals surface area (Å²) in [7, 11) is 3.66. The first kappa shape index (κ1) is 23.4. The van der Waals surface area contributed by atoms with Crippen LogP contribution in [0.15, 0.2) is 12.3 Å². The Hall–Kier alpha value is -2.30. The molecule has 0 spiro atoms. The third-order valence-corrected chi connectivity index (χ3v) is 6.24. The fraction of sp³-hybridized carbons (Fsp3) is 0.571. The lowest BCUT2D eigenvalue weighted by atomic mass is 10.2. The van der Waals surface area contributed by atoms with Crippen LogP contribution < -0.4 is 15.0 Å². The molecule has 170 valence electrons. The van der Waals surface area contributed by atoms with Crippen LogP contribution in [0.25, 0.3) is 0 Å². The highest BCUT2D eigenvalue weighted by Gasteiger charge is 2.32. The molecule has 2 aromatic heterocycles. The van der Waals surface area contributed by atoms with Gasteiger partial charge >= 0.3 is 0 Å². The van der Waals surface area contributed by atoms with Crippen molar-refractivity contribution in [3.8, 4) is 5.75 Å². The van der Waals surface area contributed by atoms with E-state index >= 15 is 0 Å². The summed E-state index contributed by atoms with van der Waals surface area (Å²) in [4.78, 5) is 24.2. The van der Waals surface area contributed by atoms with E-state index in [0.717, 1.165) is 30.1 Å². The number of ether oxygens (including phenoxy) is 2. The molecule has 1 N–H and O–H groups in total. The van der Waals surface area contributed by atoms with Crippen molar-refractivity contribution in [1.82, 2.24) is 14.9 Å². The number of aromatic nitrogens is 2. The number of likely N-dealkylation sites (tertiary alicyclic amines) is 1. The summed E-state index contributed by atoms with van der Waals surface area (Å²) in [5.41, 5.74) is 1.02. The van der Waals surface area contributed by atoms with E-state index in [0.29, 0.717) is 24.6 Å². The number of thiazole rings is 1. The van der Waals surface area contributed by atoms with Crippen molar-refractivity contribution in [2.45, 2.75) is 45.9 Å². The largest absolute Gasteiger partial charge is 0.487 e. The highest BCUT2D eigenvalue weighted by molar-refractivity contribution is 7.15. The molecule has 8 nitrogen and oxygen atoms in total. The third kappa shape index (κ3) is 6.11. The van der Waals surface area contributed by atoms with Crippen molar-refractivity contribution < 1.29 is 18.7 Å². The molecule has 1 saturated heterocycles. The van der Waals surface area contributed by atoms with Gasteiger partial charge in [0.05, 0.1) is 17.7 Å². The molecule has 31 heavy (non-hydrogen) atoms. The molecule has 1 amide bonds. The lowest BCUT2D eigenvalue weighted by molar-refractivity contribution is -0.114. The van der Waals surface area contributed by atoms with Crippen LogP contribution in [0, 0.1) is 12.9 Å². The standard InChI is InChI=1S/C21H30FN5O3S/c1-13-8-19(26(4)6-7-29-5)23-10-17(13)30-16-9-14(2)27(11-16)12-18-20(22)25-21(31-18)24-15(3)28/h8,10,14,16H,6-7,9,11-12H2,1-5H3,(H,24,25,28). The van der Waals surface area contributed by atoms with E-state index in [4.69, 9.17) is 9.47 Å². The van der Waals surface area contributed by atoms with Crippen molar-refractivity contribution in [1.29, 1.82) is 0 Å². The number of pyridine rings is 1. The summed E-state index contributed by atoms with van der Waals surface area (Å²) in [5.74, 6) is 0.848. The van der Waals surface area contributed by atoms with Gasteiger partial charge in [-0.2, -0.15) is 9.37 Å². The first-order chi connectivity index (χ1) is 14.8. The number of anilines is 2. The van der Waals surface area contributed by atoms with Gasteiger partial charge in [-0.1, -0.05) is 11.3 Å². The molecule has 0 saturated carbocycles. The normalized spacial score (nSPS) is 18.9. The molecule has 3 rings (SSSR count). The van der Waals surface area contributed by atoms with Crippen molar-refractivity contribution >= 4 is 28.2 Å². The number of hydrogen-bond donors (Lipinski definition) is 1. The molecule has 10 heteroatoms. The summed E-state index contributed by atoms with van der Waals surface area (Å²) in [5, 5.41) is 2.83. The SMILES string of the molecule is COCCN(C)c1cc(C)c(OC2CC(C)N(Cc3sc(NC(C)=O)nc3F)C2)cn1. The topological polar surface area (TPSA) is 79.8 Å². The highest BCUT2D eigenvalue weighted by atomic mass is 32.1. The van der Waals surface area contributed by atoms with Gasteiger partial charge in [0.1, 0.15) is 17.7 Å². The van der Waals surface area contributed by atoms with Gasteiger partial charge in [0.2, 0.25) is 11.9 Å². The van der Waals surface area contributed by atoms with Gasteiger partial charge in [-0.15, -0.1) is 0 Å². The van der Waals surface area contributed by atoms with Gasteiger partial charge in [0.15, 0.2) is 5.13 Å². The van der Waals surface area contributed by atoms with Crippen LogP contribution in [0.5, 0.6) is 5.75 Å². The summed E-state index contributed by atoms with van der Waals surface area (Å²) < 4.78 is 25.5. The van der Waals surface area contributed by atoms with Gasteiger partial charge in [-0.05, 0) is 25.5 Å². The van der Waals surface area contributed by atoms with E-state index in [-0.39, 0.29) is 23.2 Å². The molecular weight excluding hydrogens is 421 g/mol. The Labute approximate surface area is 186 Å². The predicted octanol–water partition coefficient (Wildman–Crippen LogP) is 3.07. The van der Waals surface area contributed by atoms with E-state index in [9.17, 15) is 9.18 Å². The molecule has 2 unspecified atom stereocenters. The number of hydrogen-bond acceptors (Lipinski definition) is 8. The molecule has 2 atom stereocenters. The molecular formula is C21H30FN5O3S. The smallest absolute Gasteiger partial charge is 0.230 e. The Morgan fingerprint density at radius 2 is 2.26 bits per heavy atom. The molecule has 0 radical (unpaired) electrons. The summed E-state index contributed by atoms with van der Waals surface area (Å²) >= 11 is 1.17. The summed E-state index contributed by atoms with van der Waals surface area (Å²) in [6.45, 7) is 8.01. The Bertz CT molecular complexity index is 909. The van der Waals surface area contributed by atoms with Gasteiger partial charge in [0, 0.05) is 53.2 Å². The summed E-state index contributed by atoms with van der Waals surface area (Å²) in [6.07, 6.45) is 2.61. The number of nitrogens with one attached hydrogen (secondary N) is 1. The number of aryl methyl sites for hydroxylation is 1. The van der Waals surface area contributed by atoms with E-state index in [2.05, 4.69) is 27.1 Å². The number of likely N-dealkylation sites (N-methyl/N-ethyl adjacent to an activating group) is 1. The second-order valence-corrected chi connectivity index (χ2v) is 8.97. The first-order valence-corrected chi connectivity index (χ1v) is 11.1. The molecule has 1 aliphatic heterocycles. The fourth-order valence-corrected chi connectivity index (χ4v) is 4.47. The Kier molecular flexibility index (Phi) is 7.79. The van der Waals surface area contributed by atoms with Crippen LogP contribution in [0.1, 0.15) is 30.7 Å². The van der Waals surface area contributed by atoms with Crippen molar-refractivity contribution in [2.75, 3.05) is 44.1 Å². The zero-order valence-electron chi connectivity index (χ0n) is 18.6. The van der Waals surface area contributed by atoms with E-state index < -0.39 is 5.95 Å². The molecule has 1 aliphatic rings. The first-order valence-electron chi connectivity index (χ1n) is 10.3. The van der Waals surface area contributed by atoms with E-state index in [1.165, 1.54) is 18.3 Å². The Morgan fingerprint density at radius 3 is 2.94 bits per heavy atom. The molecule has 0 aromatic carbocycles. The van der Waals surface area contributed by atoms with Gasteiger partial charge < -0.3 is 19.7 Å². The predicted molar refractivity (Wildman–Crippen MR) is 119 cm³/mol. The Balaban J connectivity index is 1.60.